The van der Waals surface area contributed by atoms with Crippen molar-refractivity contribution in [3.63, 3.8) is 0 Å². The van der Waals surface area contributed by atoms with Crippen LogP contribution in [0.25, 0.3) is 0 Å². The van der Waals surface area contributed by atoms with E-state index in [-0.39, 0.29) is 37.9 Å². The molecule has 1 aliphatic carbocycles. The monoisotopic (exact) mass is 294 g/mol. The van der Waals surface area contributed by atoms with Gasteiger partial charge in [-0.3, -0.25) is 0 Å². The van der Waals surface area contributed by atoms with Gasteiger partial charge in [-0.1, -0.05) is 96.9 Å². The van der Waals surface area contributed by atoms with Crippen molar-refractivity contribution >= 4 is 0 Å². The second-order valence-corrected chi connectivity index (χ2v) is 11.5. The van der Waals surface area contributed by atoms with Crippen LogP contribution in [0.5, 0.6) is 0 Å². The first-order valence-corrected chi connectivity index (χ1v) is 8.75. The summed E-state index contributed by atoms with van der Waals surface area (Å²) in [6.07, 6.45) is 0. The largest absolute Gasteiger partial charge is 0.0596 e. The Bertz CT molecular complexity index is 391. The van der Waals surface area contributed by atoms with Crippen molar-refractivity contribution in [3.05, 3.63) is 0 Å². The second-order valence-electron chi connectivity index (χ2n) is 11.5. The van der Waals surface area contributed by atoms with Gasteiger partial charge in [0, 0.05) is 0 Å². The minimum Gasteiger partial charge on any atom is -0.0596 e. The zero-order valence-electron chi connectivity index (χ0n) is 17.5. The van der Waals surface area contributed by atoms with Crippen LogP contribution in [0.15, 0.2) is 0 Å². The average Bonchev–Trinajstić information content (AvgIpc) is 2.23. The summed E-state index contributed by atoms with van der Waals surface area (Å²) >= 11 is 0. The van der Waals surface area contributed by atoms with E-state index in [2.05, 4.69) is 96.9 Å². The Kier molecular flexibility index (Phi) is 3.71. The Morgan fingerprint density at radius 1 is 0.381 bits per heavy atom. The van der Waals surface area contributed by atoms with E-state index in [1.165, 1.54) is 0 Å². The summed E-state index contributed by atoms with van der Waals surface area (Å²) in [5, 5.41) is 0. The highest BCUT2D eigenvalue weighted by atomic mass is 14.8. The molecular formula is C21H42. The molecule has 0 amide bonds. The minimum absolute atomic E-state index is 0.232. The van der Waals surface area contributed by atoms with Gasteiger partial charge in [-0.25, -0.2) is 0 Å². The smallest absolute Gasteiger partial charge is 0.0164 e. The fourth-order valence-electron chi connectivity index (χ4n) is 6.25. The summed E-state index contributed by atoms with van der Waals surface area (Å²) in [7, 11) is 0. The molecular weight excluding hydrogens is 252 g/mol. The lowest BCUT2D eigenvalue weighted by Gasteiger charge is -2.79. The van der Waals surface area contributed by atoms with Crippen molar-refractivity contribution in [2.45, 2.75) is 96.9 Å². The molecule has 0 aliphatic heterocycles. The van der Waals surface area contributed by atoms with E-state index in [9.17, 15) is 0 Å². The molecule has 126 valence electrons. The molecule has 0 bridgehead atoms. The first kappa shape index (κ1) is 19.0. The van der Waals surface area contributed by atoms with Crippen molar-refractivity contribution in [2.24, 2.45) is 37.9 Å². The van der Waals surface area contributed by atoms with Gasteiger partial charge in [-0.05, 0) is 37.9 Å². The first-order valence-electron chi connectivity index (χ1n) is 8.75. The lowest BCUT2D eigenvalue weighted by molar-refractivity contribution is -0.318. The highest BCUT2D eigenvalue weighted by Gasteiger charge is 2.75. The SMILES string of the molecule is CC(C)(C)C1(C)C(C)(C)C(C)(C)C(C)(C)C(C)(C)C1(C)C. The summed E-state index contributed by atoms with van der Waals surface area (Å²) in [5.74, 6) is 0. The van der Waals surface area contributed by atoms with Crippen LogP contribution < -0.4 is 0 Å². The molecule has 1 fully saturated rings. The van der Waals surface area contributed by atoms with Gasteiger partial charge in [0.15, 0.2) is 0 Å². The quantitative estimate of drug-likeness (QED) is 0.443. The standard InChI is InChI=1S/C21H42/c1-15(2,3)21(14)19(10,11)17(6,7)16(4,5)18(8,9)20(21,12)13/h1-14H3. The molecule has 1 aliphatic rings. The van der Waals surface area contributed by atoms with Gasteiger partial charge in [0.25, 0.3) is 0 Å². The number of hydrogen-bond acceptors (Lipinski definition) is 0. The van der Waals surface area contributed by atoms with Crippen molar-refractivity contribution in [2.75, 3.05) is 0 Å². The van der Waals surface area contributed by atoms with E-state index in [4.69, 9.17) is 0 Å². The van der Waals surface area contributed by atoms with Crippen LogP contribution in [0.3, 0.4) is 0 Å². The van der Waals surface area contributed by atoms with Crippen molar-refractivity contribution in [3.8, 4) is 0 Å². The lowest BCUT2D eigenvalue weighted by atomic mass is 9.25. The van der Waals surface area contributed by atoms with Gasteiger partial charge < -0.3 is 0 Å². The molecule has 21 heavy (non-hydrogen) atoms. The van der Waals surface area contributed by atoms with E-state index in [1.54, 1.807) is 0 Å². The molecule has 0 aromatic rings. The Labute approximate surface area is 135 Å². The highest BCUT2D eigenvalue weighted by molar-refractivity contribution is 5.23. The highest BCUT2D eigenvalue weighted by Crippen LogP contribution is 2.81. The maximum absolute atomic E-state index is 2.56. The summed E-state index contributed by atoms with van der Waals surface area (Å²) in [6.45, 7) is 35.0. The Balaban J connectivity index is 3.93. The summed E-state index contributed by atoms with van der Waals surface area (Å²) < 4.78 is 0. The molecule has 0 unspecified atom stereocenters. The van der Waals surface area contributed by atoms with E-state index >= 15 is 0 Å². The topological polar surface area (TPSA) is 0 Å². The van der Waals surface area contributed by atoms with Crippen molar-refractivity contribution < 1.29 is 0 Å². The average molecular weight is 295 g/mol. The van der Waals surface area contributed by atoms with Crippen molar-refractivity contribution in [1.82, 2.24) is 0 Å². The summed E-state index contributed by atoms with van der Waals surface area (Å²) in [6, 6.07) is 0. The van der Waals surface area contributed by atoms with Crippen LogP contribution in [0.2, 0.25) is 0 Å². The van der Waals surface area contributed by atoms with E-state index in [0.717, 1.165) is 0 Å². The fraction of sp³-hybridized carbons (Fsp3) is 1.00. The number of hydrogen-bond donors (Lipinski definition) is 0. The van der Waals surface area contributed by atoms with Crippen LogP contribution in [-0.2, 0) is 0 Å². The Hall–Kier alpha value is 0. The van der Waals surface area contributed by atoms with Gasteiger partial charge in [0.2, 0.25) is 0 Å². The lowest BCUT2D eigenvalue weighted by Crippen LogP contribution is -2.74. The van der Waals surface area contributed by atoms with E-state index in [0.29, 0.717) is 0 Å². The Morgan fingerprint density at radius 3 is 0.762 bits per heavy atom. The third-order valence-corrected chi connectivity index (χ3v) is 10.2. The van der Waals surface area contributed by atoms with Crippen LogP contribution in [0.1, 0.15) is 96.9 Å². The molecule has 0 aromatic heterocycles. The van der Waals surface area contributed by atoms with Gasteiger partial charge in [0.1, 0.15) is 0 Å². The zero-order chi connectivity index (χ0) is 17.5. The van der Waals surface area contributed by atoms with Crippen LogP contribution in [0.4, 0.5) is 0 Å². The zero-order valence-corrected chi connectivity index (χ0v) is 17.5. The molecule has 1 saturated carbocycles. The predicted octanol–water partition coefficient (Wildman–Crippen LogP) is 7.18. The minimum atomic E-state index is 0.232. The van der Waals surface area contributed by atoms with Crippen molar-refractivity contribution in [1.29, 1.82) is 0 Å². The van der Waals surface area contributed by atoms with E-state index in [1.807, 2.05) is 0 Å². The third kappa shape index (κ3) is 1.63. The number of rotatable bonds is 0. The predicted molar refractivity (Wildman–Crippen MR) is 96.5 cm³/mol. The van der Waals surface area contributed by atoms with Gasteiger partial charge in [-0.2, -0.15) is 0 Å². The van der Waals surface area contributed by atoms with Gasteiger partial charge >= 0.3 is 0 Å². The maximum atomic E-state index is 2.56. The molecule has 0 N–H and O–H groups in total. The third-order valence-electron chi connectivity index (χ3n) is 10.2. The van der Waals surface area contributed by atoms with Crippen LogP contribution >= 0.6 is 0 Å². The summed E-state index contributed by atoms with van der Waals surface area (Å²) in [5.41, 5.74) is 1.72. The molecule has 0 spiro atoms. The van der Waals surface area contributed by atoms with Crippen LogP contribution in [-0.4, -0.2) is 0 Å². The molecule has 0 atom stereocenters. The van der Waals surface area contributed by atoms with E-state index < -0.39 is 0 Å². The first-order chi connectivity index (χ1) is 8.75. The fourth-order valence-corrected chi connectivity index (χ4v) is 6.25. The Morgan fingerprint density at radius 2 is 0.571 bits per heavy atom. The van der Waals surface area contributed by atoms with Crippen LogP contribution in [0, 0.1) is 37.9 Å². The normalized spacial score (nSPS) is 31.7. The molecule has 1 rings (SSSR count). The molecule has 0 heteroatoms. The molecule has 0 nitrogen and oxygen atoms in total. The molecule has 0 heterocycles. The van der Waals surface area contributed by atoms with Gasteiger partial charge in [-0.15, -0.1) is 0 Å². The molecule has 0 aromatic carbocycles. The maximum Gasteiger partial charge on any atom is -0.0164 e. The summed E-state index contributed by atoms with van der Waals surface area (Å²) in [4.78, 5) is 0. The van der Waals surface area contributed by atoms with Gasteiger partial charge in [0.05, 0.1) is 0 Å². The second kappa shape index (κ2) is 4.09. The molecule has 0 radical (unpaired) electrons. The molecule has 0 saturated heterocycles.